The molecular formula is C19H30N2O4. The van der Waals surface area contributed by atoms with E-state index in [-0.39, 0.29) is 11.7 Å². The summed E-state index contributed by atoms with van der Waals surface area (Å²) in [5.74, 6) is 1.98. The van der Waals surface area contributed by atoms with E-state index in [0.29, 0.717) is 12.5 Å². The van der Waals surface area contributed by atoms with Crippen molar-refractivity contribution < 1.29 is 19.0 Å². The molecule has 25 heavy (non-hydrogen) atoms. The summed E-state index contributed by atoms with van der Waals surface area (Å²) in [6, 6.07) is 0. The molecule has 0 aromatic carbocycles. The van der Waals surface area contributed by atoms with Crippen molar-refractivity contribution in [2.24, 2.45) is 4.99 Å². The van der Waals surface area contributed by atoms with Crippen LogP contribution in [0.25, 0.3) is 0 Å². The highest BCUT2D eigenvalue weighted by Crippen LogP contribution is 2.24. The molecule has 1 aliphatic rings. The van der Waals surface area contributed by atoms with E-state index in [2.05, 4.69) is 23.6 Å². The van der Waals surface area contributed by atoms with Crippen LogP contribution in [0.2, 0.25) is 0 Å². The Bertz CT molecular complexity index is 566. The molecule has 0 radical (unpaired) electrons. The molecule has 0 saturated heterocycles. The first kappa shape index (κ1) is 22.5. The molecule has 1 amide bonds. The quantitative estimate of drug-likeness (QED) is 0.760. The second-order valence-electron chi connectivity index (χ2n) is 5.98. The molecule has 0 atom stereocenters. The van der Waals surface area contributed by atoms with E-state index in [9.17, 15) is 4.79 Å². The van der Waals surface area contributed by atoms with Gasteiger partial charge in [-0.05, 0) is 40.5 Å². The van der Waals surface area contributed by atoms with Gasteiger partial charge in [0.1, 0.15) is 18.0 Å². The summed E-state index contributed by atoms with van der Waals surface area (Å²) in [6.45, 7) is 17.0. The molecule has 0 spiro atoms. The minimum atomic E-state index is -0.389. The summed E-state index contributed by atoms with van der Waals surface area (Å²) >= 11 is 0. The lowest BCUT2D eigenvalue weighted by atomic mass is 10.2. The van der Waals surface area contributed by atoms with Crippen LogP contribution in [0.15, 0.2) is 52.8 Å². The normalized spacial score (nSPS) is 14.6. The largest absolute Gasteiger partial charge is 0.485 e. The fourth-order valence-electron chi connectivity index (χ4n) is 1.68. The maximum Gasteiger partial charge on any atom is 0.407 e. The number of nitrogens with one attached hydrogen (secondary N) is 1. The smallest absolute Gasteiger partial charge is 0.407 e. The second-order valence-corrected chi connectivity index (χ2v) is 5.98. The predicted molar refractivity (Wildman–Crippen MR) is 101 cm³/mol. The molecule has 1 rings (SSSR count). The zero-order valence-electron chi connectivity index (χ0n) is 16.1. The summed E-state index contributed by atoms with van der Waals surface area (Å²) in [5.41, 5.74) is 0.417. The minimum Gasteiger partial charge on any atom is -0.485 e. The van der Waals surface area contributed by atoms with E-state index < -0.39 is 0 Å². The third-order valence-electron chi connectivity index (χ3n) is 2.78. The third-order valence-corrected chi connectivity index (χ3v) is 2.78. The van der Waals surface area contributed by atoms with Crippen molar-refractivity contribution in [2.75, 3.05) is 13.7 Å². The van der Waals surface area contributed by atoms with Gasteiger partial charge in [-0.2, -0.15) is 0 Å². The van der Waals surface area contributed by atoms with E-state index in [1.54, 1.807) is 6.08 Å². The zero-order chi connectivity index (χ0) is 19.5. The summed E-state index contributed by atoms with van der Waals surface area (Å²) in [5, 5.41) is 2.36. The highest BCUT2D eigenvalue weighted by Gasteiger charge is 2.16. The van der Waals surface area contributed by atoms with Crippen molar-refractivity contribution in [3.63, 3.8) is 0 Å². The highest BCUT2D eigenvalue weighted by molar-refractivity contribution is 5.67. The van der Waals surface area contributed by atoms with Gasteiger partial charge in [0, 0.05) is 13.5 Å². The Balaban J connectivity index is 0.000000547. The van der Waals surface area contributed by atoms with Crippen LogP contribution >= 0.6 is 0 Å². The standard InChI is InChI=1S/C13H17NO2.C6H13NO2/c1-5-8-12-11(7-3)16-13(14-4)10(6-2)9-15-12;1-6(2,3)9-5(8)7-4/h5-6,8H,2,4,7,9H2,1,3H3;1-4H3,(H,7,8)/b8-5-;. The van der Waals surface area contributed by atoms with Gasteiger partial charge in [0.25, 0.3) is 0 Å². The van der Waals surface area contributed by atoms with Gasteiger partial charge in [0.05, 0.1) is 5.57 Å². The number of hydrogen-bond acceptors (Lipinski definition) is 5. The molecule has 140 valence electrons. The summed E-state index contributed by atoms with van der Waals surface area (Å²) in [6.07, 6.45) is 5.82. The molecule has 1 aliphatic heterocycles. The van der Waals surface area contributed by atoms with E-state index >= 15 is 0 Å². The van der Waals surface area contributed by atoms with Gasteiger partial charge in [-0.25, -0.2) is 9.79 Å². The average Bonchev–Trinajstić information content (AvgIpc) is 2.73. The highest BCUT2D eigenvalue weighted by atomic mass is 16.6. The summed E-state index contributed by atoms with van der Waals surface area (Å²) in [7, 11) is 1.54. The number of ether oxygens (including phenoxy) is 3. The van der Waals surface area contributed by atoms with Gasteiger partial charge in [-0.1, -0.05) is 25.7 Å². The second kappa shape index (κ2) is 11.1. The van der Waals surface area contributed by atoms with Crippen LogP contribution < -0.4 is 5.32 Å². The predicted octanol–water partition coefficient (Wildman–Crippen LogP) is 4.47. The Kier molecular flexibility index (Phi) is 10.0. The number of hydrogen-bond donors (Lipinski definition) is 1. The van der Waals surface area contributed by atoms with Crippen molar-refractivity contribution in [2.45, 2.75) is 46.6 Å². The lowest BCUT2D eigenvalue weighted by molar-refractivity contribution is 0.0541. The number of carbonyl (C=O) groups excluding carboxylic acids is 1. The van der Waals surface area contributed by atoms with Crippen LogP contribution in [-0.4, -0.2) is 32.1 Å². The van der Waals surface area contributed by atoms with Gasteiger partial charge in [-0.15, -0.1) is 0 Å². The Morgan fingerprint density at radius 2 is 2.08 bits per heavy atom. The van der Waals surface area contributed by atoms with Crippen LogP contribution in [0.1, 0.15) is 41.0 Å². The summed E-state index contributed by atoms with van der Waals surface area (Å²) in [4.78, 5) is 14.3. The molecule has 1 heterocycles. The number of rotatable bonds is 4. The molecule has 6 heteroatoms. The molecular weight excluding hydrogens is 320 g/mol. The maximum atomic E-state index is 10.5. The van der Waals surface area contributed by atoms with Gasteiger partial charge >= 0.3 is 6.09 Å². The van der Waals surface area contributed by atoms with Crippen LogP contribution in [0.5, 0.6) is 0 Å². The van der Waals surface area contributed by atoms with E-state index in [1.165, 1.54) is 7.05 Å². The van der Waals surface area contributed by atoms with Gasteiger partial charge in [-0.3, -0.25) is 0 Å². The number of nitrogens with zero attached hydrogens (tertiary/aromatic N) is 1. The van der Waals surface area contributed by atoms with Crippen LogP contribution in [0.3, 0.4) is 0 Å². The average molecular weight is 350 g/mol. The van der Waals surface area contributed by atoms with Gasteiger partial charge < -0.3 is 19.5 Å². The zero-order valence-corrected chi connectivity index (χ0v) is 16.1. The number of carbonyl (C=O) groups is 1. The molecule has 0 unspecified atom stereocenters. The Labute approximate surface area is 150 Å². The van der Waals surface area contributed by atoms with E-state index in [4.69, 9.17) is 14.2 Å². The summed E-state index contributed by atoms with van der Waals surface area (Å²) < 4.78 is 16.1. The molecule has 0 aromatic rings. The SMILES string of the molecule is C=CC1=C(N=C)OC(CC)=C(/C=C\C)OC1.CNC(=O)OC(C)(C)C. The molecule has 1 N–H and O–H groups in total. The van der Waals surface area contributed by atoms with Gasteiger partial charge in [0.15, 0.2) is 5.76 Å². The van der Waals surface area contributed by atoms with Crippen molar-refractivity contribution >= 4 is 12.8 Å². The topological polar surface area (TPSA) is 69.2 Å². The van der Waals surface area contributed by atoms with Crippen molar-refractivity contribution in [1.82, 2.24) is 5.32 Å². The number of amides is 1. The van der Waals surface area contributed by atoms with Crippen molar-refractivity contribution in [1.29, 1.82) is 0 Å². The fourth-order valence-corrected chi connectivity index (χ4v) is 1.68. The van der Waals surface area contributed by atoms with Gasteiger partial charge in [0.2, 0.25) is 5.88 Å². The minimum absolute atomic E-state index is 0.387. The molecule has 0 aromatic heterocycles. The Morgan fingerprint density at radius 3 is 2.44 bits per heavy atom. The number of alkyl carbamates (subject to hydrolysis) is 1. The number of aliphatic imine (C=N–C) groups is 1. The van der Waals surface area contributed by atoms with E-state index in [1.807, 2.05) is 46.8 Å². The Morgan fingerprint density at radius 1 is 1.44 bits per heavy atom. The fraction of sp³-hybridized carbons (Fsp3) is 0.474. The molecule has 0 saturated carbocycles. The molecule has 6 nitrogen and oxygen atoms in total. The lowest BCUT2D eigenvalue weighted by Crippen LogP contribution is -2.30. The monoisotopic (exact) mass is 350 g/mol. The van der Waals surface area contributed by atoms with Crippen LogP contribution in [-0.2, 0) is 14.2 Å². The third kappa shape index (κ3) is 8.79. The molecule has 0 fully saturated rings. The first-order valence-electron chi connectivity index (χ1n) is 8.11. The van der Waals surface area contributed by atoms with Crippen LogP contribution in [0.4, 0.5) is 4.79 Å². The lowest BCUT2D eigenvalue weighted by Gasteiger charge is -2.18. The van der Waals surface area contributed by atoms with Crippen LogP contribution in [0, 0.1) is 0 Å². The van der Waals surface area contributed by atoms with E-state index in [0.717, 1.165) is 23.5 Å². The Hall–Kier alpha value is -2.50. The van der Waals surface area contributed by atoms with Crippen molar-refractivity contribution in [3.8, 4) is 0 Å². The maximum absolute atomic E-state index is 10.5. The number of allylic oxidation sites excluding steroid dienone is 3. The first-order chi connectivity index (χ1) is 11.7. The molecule has 0 aliphatic carbocycles. The molecule has 0 bridgehead atoms. The van der Waals surface area contributed by atoms with Crippen molar-refractivity contribution in [3.05, 3.63) is 47.8 Å². The first-order valence-corrected chi connectivity index (χ1v) is 8.11.